The lowest BCUT2D eigenvalue weighted by molar-refractivity contribution is -0.385. The zero-order valence-electron chi connectivity index (χ0n) is 8.41. The van der Waals surface area contributed by atoms with Crippen LogP contribution in [0.5, 0.6) is 0 Å². The van der Waals surface area contributed by atoms with Crippen molar-refractivity contribution in [1.82, 2.24) is 0 Å². The molecule has 2 N–H and O–H groups in total. The van der Waals surface area contributed by atoms with Gasteiger partial charge in [0, 0.05) is 0 Å². The Balaban J connectivity index is 3.20. The summed E-state index contributed by atoms with van der Waals surface area (Å²) < 4.78 is 13.3. The van der Waals surface area contributed by atoms with Crippen LogP contribution in [0.3, 0.4) is 0 Å². The van der Waals surface area contributed by atoms with Crippen molar-refractivity contribution in [1.29, 1.82) is 0 Å². The number of amidine groups is 1. The van der Waals surface area contributed by atoms with Crippen LogP contribution in [0.1, 0.15) is 12.5 Å². The molecule has 1 rings (SSSR count). The maximum atomic E-state index is 13.1. The molecule has 0 aromatic heterocycles. The fourth-order valence-corrected chi connectivity index (χ4v) is 1.47. The quantitative estimate of drug-likeness (QED) is 0.401. The van der Waals surface area contributed by atoms with E-state index in [1.807, 2.05) is 0 Å². The summed E-state index contributed by atoms with van der Waals surface area (Å²) in [5.74, 6) is -0.362. The number of nitrogens with two attached hydrogens (primary N) is 1. The summed E-state index contributed by atoms with van der Waals surface area (Å²) in [6.45, 7) is 1.63. The molecular weight excluding hydrogens is 281 g/mol. The molecular formula is C9H9BrFN3O2. The molecule has 0 fully saturated rings. The normalized spacial score (nSPS) is 11.6. The lowest BCUT2D eigenvalue weighted by Crippen LogP contribution is -2.06. The highest BCUT2D eigenvalue weighted by Crippen LogP contribution is 2.26. The summed E-state index contributed by atoms with van der Waals surface area (Å²) in [7, 11) is 0. The molecule has 0 amide bonds. The molecule has 0 bridgehead atoms. The number of nitrogens with zero attached hydrogens (tertiary/aromatic N) is 2. The largest absolute Gasteiger partial charge is 0.388 e. The molecule has 16 heavy (non-hydrogen) atoms. The Morgan fingerprint density at radius 2 is 2.31 bits per heavy atom. The van der Waals surface area contributed by atoms with Gasteiger partial charge >= 0.3 is 0 Å². The van der Waals surface area contributed by atoms with Gasteiger partial charge < -0.3 is 5.73 Å². The Hall–Kier alpha value is -1.50. The van der Waals surface area contributed by atoms with E-state index in [0.717, 1.165) is 6.07 Å². The first-order chi connectivity index (χ1) is 7.41. The standard InChI is InChI=1S/C9H9BrFN3O2/c1-5(12)13-4-6-2-7(10)8(11)3-9(6)14(15)16/h2-3H,4H2,1H3,(H2,12,13). The van der Waals surface area contributed by atoms with Gasteiger partial charge in [0.25, 0.3) is 5.69 Å². The zero-order chi connectivity index (χ0) is 12.3. The maximum Gasteiger partial charge on any atom is 0.277 e. The van der Waals surface area contributed by atoms with E-state index in [1.54, 1.807) is 6.92 Å². The van der Waals surface area contributed by atoms with E-state index >= 15 is 0 Å². The van der Waals surface area contributed by atoms with Gasteiger partial charge in [-0.1, -0.05) is 0 Å². The number of benzene rings is 1. The fourth-order valence-electron chi connectivity index (χ4n) is 1.08. The van der Waals surface area contributed by atoms with E-state index in [4.69, 9.17) is 5.73 Å². The van der Waals surface area contributed by atoms with E-state index in [2.05, 4.69) is 20.9 Å². The minimum Gasteiger partial charge on any atom is -0.388 e. The number of nitro groups is 1. The first kappa shape index (κ1) is 12.6. The van der Waals surface area contributed by atoms with Gasteiger partial charge in [-0.2, -0.15) is 0 Å². The first-order valence-corrected chi connectivity index (χ1v) is 5.10. The van der Waals surface area contributed by atoms with Gasteiger partial charge in [0.2, 0.25) is 0 Å². The molecule has 0 atom stereocenters. The van der Waals surface area contributed by atoms with Crippen LogP contribution in [0.2, 0.25) is 0 Å². The van der Waals surface area contributed by atoms with E-state index in [0.29, 0.717) is 11.4 Å². The smallest absolute Gasteiger partial charge is 0.277 e. The molecule has 0 heterocycles. The Morgan fingerprint density at radius 1 is 1.69 bits per heavy atom. The highest BCUT2D eigenvalue weighted by molar-refractivity contribution is 9.10. The zero-order valence-corrected chi connectivity index (χ0v) is 9.99. The average molecular weight is 290 g/mol. The third-order valence-corrected chi connectivity index (χ3v) is 2.42. The van der Waals surface area contributed by atoms with Crippen molar-refractivity contribution in [3.05, 3.63) is 38.1 Å². The predicted octanol–water partition coefficient (Wildman–Crippen LogP) is 2.37. The van der Waals surface area contributed by atoms with Crippen LogP contribution >= 0.6 is 15.9 Å². The summed E-state index contributed by atoms with van der Waals surface area (Å²) in [6.07, 6.45) is 0. The molecule has 5 nitrogen and oxygen atoms in total. The van der Waals surface area contributed by atoms with Crippen LogP contribution in [-0.2, 0) is 6.54 Å². The highest BCUT2D eigenvalue weighted by atomic mass is 79.9. The average Bonchev–Trinajstić information content (AvgIpc) is 2.18. The number of hydrogen-bond donors (Lipinski definition) is 1. The molecule has 7 heteroatoms. The Labute approximate surface area is 99.4 Å². The van der Waals surface area contributed by atoms with Gasteiger partial charge in [-0.15, -0.1) is 0 Å². The Morgan fingerprint density at radius 3 is 2.81 bits per heavy atom. The van der Waals surface area contributed by atoms with Gasteiger partial charge in [-0.3, -0.25) is 15.1 Å². The van der Waals surface area contributed by atoms with Crippen LogP contribution < -0.4 is 5.73 Å². The Bertz CT molecular complexity index is 458. The second kappa shape index (κ2) is 5.02. The SMILES string of the molecule is CC(N)=NCc1cc(Br)c(F)cc1[N+](=O)[O-]. The van der Waals surface area contributed by atoms with Crippen molar-refractivity contribution in [2.45, 2.75) is 13.5 Å². The van der Waals surface area contributed by atoms with Gasteiger partial charge in [-0.25, -0.2) is 4.39 Å². The van der Waals surface area contributed by atoms with E-state index in [-0.39, 0.29) is 16.7 Å². The lowest BCUT2D eigenvalue weighted by atomic mass is 10.2. The Kier molecular flexibility index (Phi) is 3.94. The molecule has 0 unspecified atom stereocenters. The van der Waals surface area contributed by atoms with Crippen molar-refractivity contribution >= 4 is 27.5 Å². The van der Waals surface area contributed by atoms with Crippen LogP contribution in [0.25, 0.3) is 0 Å². The maximum absolute atomic E-state index is 13.1. The van der Waals surface area contributed by atoms with Gasteiger partial charge in [0.15, 0.2) is 0 Å². The van der Waals surface area contributed by atoms with Gasteiger partial charge in [-0.05, 0) is 28.9 Å². The lowest BCUT2D eigenvalue weighted by Gasteiger charge is -2.02. The third-order valence-electron chi connectivity index (χ3n) is 1.82. The number of halogens is 2. The van der Waals surface area contributed by atoms with E-state index in [1.165, 1.54) is 6.07 Å². The number of hydrogen-bond acceptors (Lipinski definition) is 3. The van der Waals surface area contributed by atoms with Crippen LogP contribution in [0.15, 0.2) is 21.6 Å². The molecule has 0 saturated carbocycles. The highest BCUT2D eigenvalue weighted by Gasteiger charge is 2.16. The van der Waals surface area contributed by atoms with Crippen molar-refractivity contribution in [2.24, 2.45) is 10.7 Å². The third kappa shape index (κ3) is 2.99. The van der Waals surface area contributed by atoms with Crippen LogP contribution in [-0.4, -0.2) is 10.8 Å². The van der Waals surface area contributed by atoms with Crippen molar-refractivity contribution in [3.8, 4) is 0 Å². The molecule has 0 aliphatic carbocycles. The monoisotopic (exact) mass is 289 g/mol. The molecule has 0 aliphatic rings. The minimum atomic E-state index is -0.677. The molecule has 0 spiro atoms. The number of nitro benzene ring substituents is 1. The summed E-state index contributed by atoms with van der Waals surface area (Å²) in [6, 6.07) is 2.20. The van der Waals surface area contributed by atoms with Crippen molar-refractivity contribution in [3.63, 3.8) is 0 Å². The van der Waals surface area contributed by atoms with Crippen LogP contribution in [0.4, 0.5) is 10.1 Å². The van der Waals surface area contributed by atoms with E-state index < -0.39 is 10.7 Å². The fraction of sp³-hybridized carbons (Fsp3) is 0.222. The summed E-state index contributed by atoms with van der Waals surface area (Å²) >= 11 is 2.96. The number of rotatable bonds is 3. The summed E-state index contributed by atoms with van der Waals surface area (Å²) in [5.41, 5.74) is 5.34. The molecule has 0 radical (unpaired) electrons. The summed E-state index contributed by atoms with van der Waals surface area (Å²) in [4.78, 5) is 13.9. The van der Waals surface area contributed by atoms with Crippen LogP contribution in [0, 0.1) is 15.9 Å². The van der Waals surface area contributed by atoms with E-state index in [9.17, 15) is 14.5 Å². The predicted molar refractivity (Wildman–Crippen MR) is 61.8 cm³/mol. The summed E-state index contributed by atoms with van der Waals surface area (Å²) in [5, 5.41) is 10.7. The topological polar surface area (TPSA) is 81.5 Å². The van der Waals surface area contributed by atoms with Gasteiger partial charge in [0.1, 0.15) is 5.82 Å². The molecule has 0 aliphatic heterocycles. The molecule has 1 aromatic rings. The first-order valence-electron chi connectivity index (χ1n) is 4.30. The minimum absolute atomic E-state index is 0.0531. The van der Waals surface area contributed by atoms with Crippen molar-refractivity contribution < 1.29 is 9.31 Å². The molecule has 86 valence electrons. The number of aliphatic imine (C=N–C) groups is 1. The molecule has 1 aromatic carbocycles. The molecule has 0 saturated heterocycles. The second-order valence-corrected chi connectivity index (χ2v) is 3.96. The van der Waals surface area contributed by atoms with Gasteiger partial charge in [0.05, 0.1) is 33.4 Å². The second-order valence-electron chi connectivity index (χ2n) is 3.11. The van der Waals surface area contributed by atoms with Crippen molar-refractivity contribution in [2.75, 3.05) is 0 Å².